The first-order valence-corrected chi connectivity index (χ1v) is 36.4. The Morgan fingerprint density at radius 3 is 1.68 bits per heavy atom. The number of amides is 4. The van der Waals surface area contributed by atoms with Crippen molar-refractivity contribution in [2.75, 3.05) is 5.32 Å². The third-order valence-corrected chi connectivity index (χ3v) is 22.1. The zero-order chi connectivity index (χ0) is 68.2. The Bertz CT molecular complexity index is 4360. The number of halogens is 4. The Morgan fingerprint density at radius 1 is 0.633 bits per heavy atom. The van der Waals surface area contributed by atoms with E-state index >= 15 is 0 Å². The molecular weight excluding hydrogens is 1330 g/mol. The summed E-state index contributed by atoms with van der Waals surface area (Å²) in [6.45, 7) is 11.7. The first kappa shape index (κ1) is 68.1. The molecule has 98 heavy (non-hydrogen) atoms. The molecule has 2 fully saturated rings. The molecule has 5 aliphatic rings. The Balaban J connectivity index is 0.000000133. The molecule has 0 spiro atoms. The van der Waals surface area contributed by atoms with Gasteiger partial charge in [0.2, 0.25) is 0 Å². The van der Waals surface area contributed by atoms with Crippen LogP contribution in [0.1, 0.15) is 187 Å². The summed E-state index contributed by atoms with van der Waals surface area (Å²) in [5.41, 5.74) is 16.5. The molecule has 3 unspecified atom stereocenters. The van der Waals surface area contributed by atoms with Gasteiger partial charge < -0.3 is 20.4 Å². The molecule has 10 aromatic rings. The molecule has 2 bridgehead atoms. The fourth-order valence-electron chi connectivity index (χ4n) is 15.4. The SMILES string of the molecule is CC12CCC(C1)C(C)(C)C2NC(=O)Nc1nn(Cc2ccccc2)c2c1CCCC2.C[C@@H](NC(=O)c1nn(-c2ccc(Cl)cc2Cl)c2c1CCC/C2=C\c1ccoc1)c1ccccc1.C[C@@H](NC(=O)c1nn(-c2ccc(Cl)cc2Cl)c2c1CCC/C2=C\c1ccsc1)c1ccccc1. The van der Waals surface area contributed by atoms with Crippen LogP contribution in [-0.2, 0) is 32.2 Å². The lowest BCUT2D eigenvalue weighted by Gasteiger charge is -2.42. The minimum absolute atomic E-state index is 0.0976. The van der Waals surface area contributed by atoms with E-state index in [-0.39, 0.29) is 46.8 Å². The van der Waals surface area contributed by atoms with E-state index in [1.807, 2.05) is 103 Å². The molecule has 5 atom stereocenters. The molecule has 0 aliphatic heterocycles. The van der Waals surface area contributed by atoms with E-state index in [9.17, 15) is 14.4 Å². The third-order valence-electron chi connectivity index (χ3n) is 20.3. The highest BCUT2D eigenvalue weighted by Crippen LogP contribution is 2.62. The van der Waals surface area contributed by atoms with Gasteiger partial charge in [-0.3, -0.25) is 19.6 Å². The van der Waals surface area contributed by atoms with Crippen molar-refractivity contribution in [3.63, 3.8) is 0 Å². The number of carbonyl (C=O) groups excluding carboxylic acids is 3. The summed E-state index contributed by atoms with van der Waals surface area (Å²) in [5, 5.41) is 33.4. The Hall–Kier alpha value is -8.44. The van der Waals surface area contributed by atoms with Crippen LogP contribution in [0.4, 0.5) is 10.6 Å². The van der Waals surface area contributed by atoms with Gasteiger partial charge in [-0.15, -0.1) is 0 Å². The van der Waals surface area contributed by atoms with Crippen molar-refractivity contribution < 1.29 is 18.8 Å². The van der Waals surface area contributed by atoms with Crippen molar-refractivity contribution in [1.82, 2.24) is 45.3 Å². The lowest BCUT2D eigenvalue weighted by atomic mass is 9.68. The number of nitrogens with one attached hydrogen (secondary N) is 4. The second-order valence-electron chi connectivity index (χ2n) is 27.3. The van der Waals surface area contributed by atoms with E-state index < -0.39 is 0 Å². The van der Waals surface area contributed by atoms with E-state index in [0.29, 0.717) is 48.8 Å². The van der Waals surface area contributed by atoms with Gasteiger partial charge in [0.15, 0.2) is 17.2 Å². The Morgan fingerprint density at radius 2 is 1.17 bits per heavy atom. The van der Waals surface area contributed by atoms with Crippen LogP contribution in [0.15, 0.2) is 167 Å². The number of nitrogens with zero attached hydrogens (tertiary/aromatic N) is 6. The molecule has 4 N–H and O–H groups in total. The number of anilines is 1. The normalized spacial score (nSPS) is 19.4. The first-order chi connectivity index (χ1) is 47.4. The number of rotatable bonds is 14. The largest absolute Gasteiger partial charge is 0.472 e. The summed E-state index contributed by atoms with van der Waals surface area (Å²) in [6.07, 6.45) is 20.9. The zero-order valence-corrected chi connectivity index (χ0v) is 59.5. The molecule has 5 heterocycles. The van der Waals surface area contributed by atoms with Crippen LogP contribution in [0, 0.1) is 16.7 Å². The quantitative estimate of drug-likeness (QED) is 0.0841. The van der Waals surface area contributed by atoms with Crippen LogP contribution in [0.2, 0.25) is 20.1 Å². The summed E-state index contributed by atoms with van der Waals surface area (Å²) in [5.74, 6) is 1.07. The van der Waals surface area contributed by atoms with E-state index in [4.69, 9.17) is 66.1 Å². The number of allylic oxidation sites excluding steroid dienone is 2. The standard InChI is InChI=1S/C27H23Cl2N3O2.C27H23Cl2N3OS.C25H34N4O/c2*1-17(19-6-3-2-4-7-19)30-27(33)25-22-9-5-8-20(14-18-12-13-34-16-18)26(22)32(31-25)24-11-10-21(28)15-23(24)29;1-24(2)18-13-14-25(3,15-18)22(24)27-23(30)26-21-19-11-7-8-12-20(19)29(28-21)16-17-9-5-4-6-10-17/h2*2-4,6-7,10-17H,5,8-9H2,1H3,(H,30,33);4-6,9-10,18,22H,7-8,11-16H2,1-3H3,(H2,26,27,28,30)/b2*20-14+;/t2*17-;/m11./s1. The van der Waals surface area contributed by atoms with Crippen LogP contribution >= 0.6 is 57.7 Å². The number of aromatic nitrogens is 6. The van der Waals surface area contributed by atoms with Gasteiger partial charge in [0.25, 0.3) is 11.8 Å². The van der Waals surface area contributed by atoms with Gasteiger partial charge >= 0.3 is 6.03 Å². The molecule has 5 aliphatic carbocycles. The number of benzene rings is 5. The van der Waals surface area contributed by atoms with Crippen LogP contribution in [0.3, 0.4) is 0 Å². The molecule has 0 radical (unpaired) electrons. The van der Waals surface area contributed by atoms with Crippen LogP contribution in [0.5, 0.6) is 0 Å². The smallest absolute Gasteiger partial charge is 0.320 e. The number of thiophene rings is 1. The van der Waals surface area contributed by atoms with Crippen molar-refractivity contribution >= 4 is 105 Å². The minimum atomic E-state index is -0.207. The fraction of sp³-hybridized carbons (Fsp3) is 0.316. The predicted octanol–water partition coefficient (Wildman–Crippen LogP) is 19.9. The highest BCUT2D eigenvalue weighted by molar-refractivity contribution is 7.08. The maximum atomic E-state index is 13.4. The molecule has 14 nitrogen and oxygen atoms in total. The van der Waals surface area contributed by atoms with Gasteiger partial charge in [-0.25, -0.2) is 14.2 Å². The van der Waals surface area contributed by atoms with Gasteiger partial charge in [-0.2, -0.15) is 26.6 Å². The van der Waals surface area contributed by atoms with Crippen molar-refractivity contribution in [3.05, 3.63) is 256 Å². The van der Waals surface area contributed by atoms with Crippen molar-refractivity contribution in [1.29, 1.82) is 0 Å². The van der Waals surface area contributed by atoms with Gasteiger partial charge in [-0.1, -0.05) is 158 Å². The number of hydrogen-bond acceptors (Lipinski definition) is 8. The number of fused-ring (bicyclic) bond motifs is 5. The molecule has 504 valence electrons. The van der Waals surface area contributed by atoms with Crippen LogP contribution < -0.4 is 21.3 Å². The minimum Gasteiger partial charge on any atom is -0.472 e. The first-order valence-electron chi connectivity index (χ1n) is 33.9. The van der Waals surface area contributed by atoms with Gasteiger partial charge in [0.05, 0.1) is 64.0 Å². The van der Waals surface area contributed by atoms with Gasteiger partial charge in [0, 0.05) is 44.0 Å². The maximum absolute atomic E-state index is 13.4. The summed E-state index contributed by atoms with van der Waals surface area (Å²) >= 11 is 27.1. The highest BCUT2D eigenvalue weighted by atomic mass is 35.5. The molecule has 5 aromatic heterocycles. The molecule has 19 heteroatoms. The van der Waals surface area contributed by atoms with E-state index in [2.05, 4.69) is 100.0 Å². The lowest BCUT2D eigenvalue weighted by molar-refractivity contribution is 0.0925. The molecule has 4 amide bonds. The predicted molar refractivity (Wildman–Crippen MR) is 396 cm³/mol. The second-order valence-corrected chi connectivity index (χ2v) is 29.8. The van der Waals surface area contributed by atoms with Gasteiger partial charge in [0.1, 0.15) is 0 Å². The molecular formula is C79H80Cl4N10O4S. The summed E-state index contributed by atoms with van der Waals surface area (Å²) < 4.78 is 10.9. The fourth-order valence-corrected chi connectivity index (χ4v) is 17.0. The summed E-state index contributed by atoms with van der Waals surface area (Å²) in [6, 6.07) is 44.7. The Labute approximate surface area is 596 Å². The van der Waals surface area contributed by atoms with Crippen molar-refractivity contribution in [3.8, 4) is 11.4 Å². The Kier molecular flexibility index (Phi) is 20.5. The van der Waals surface area contributed by atoms with E-state index in [1.54, 1.807) is 52.8 Å². The number of urea groups is 1. The molecule has 15 rings (SSSR count). The van der Waals surface area contributed by atoms with E-state index in [1.165, 1.54) is 42.5 Å². The number of furan rings is 1. The third kappa shape index (κ3) is 14.7. The van der Waals surface area contributed by atoms with Crippen molar-refractivity contribution in [2.24, 2.45) is 16.7 Å². The lowest BCUT2D eigenvalue weighted by Crippen LogP contribution is -2.53. The maximum Gasteiger partial charge on any atom is 0.320 e. The topological polar surface area (TPSA) is 166 Å². The zero-order valence-electron chi connectivity index (χ0n) is 55.7. The summed E-state index contributed by atoms with van der Waals surface area (Å²) in [4.78, 5) is 39.9. The van der Waals surface area contributed by atoms with Crippen molar-refractivity contribution in [2.45, 2.75) is 143 Å². The monoisotopic (exact) mass is 1400 g/mol. The van der Waals surface area contributed by atoms with E-state index in [0.717, 1.165) is 126 Å². The number of hydrogen-bond donors (Lipinski definition) is 4. The van der Waals surface area contributed by atoms with Gasteiger partial charge in [-0.05, 0) is 219 Å². The van der Waals surface area contributed by atoms with Crippen LogP contribution in [0.25, 0.3) is 34.7 Å². The number of carbonyl (C=O) groups is 3. The van der Waals surface area contributed by atoms with Crippen LogP contribution in [-0.4, -0.2) is 53.2 Å². The summed E-state index contributed by atoms with van der Waals surface area (Å²) in [7, 11) is 0. The molecule has 5 aromatic carbocycles. The molecule has 2 saturated carbocycles. The molecule has 0 saturated heterocycles. The highest BCUT2D eigenvalue weighted by Gasteiger charge is 2.60. The average Bonchev–Trinajstić information content (AvgIpc) is 1.58. The average molecular weight is 1410 g/mol. The second kappa shape index (κ2) is 29.6.